The van der Waals surface area contributed by atoms with Gasteiger partial charge in [0.05, 0.1) is 0 Å². The van der Waals surface area contributed by atoms with Crippen LogP contribution in [-0.2, 0) is 11.2 Å². The summed E-state index contributed by atoms with van der Waals surface area (Å²) in [6, 6.07) is 8.83. The van der Waals surface area contributed by atoms with Gasteiger partial charge in [0.1, 0.15) is 0 Å². The van der Waals surface area contributed by atoms with Crippen molar-refractivity contribution in [1.29, 1.82) is 5.41 Å². The van der Waals surface area contributed by atoms with Crippen LogP contribution in [0.4, 0.5) is 0 Å². The lowest BCUT2D eigenvalue weighted by Crippen LogP contribution is -2.29. The molecule has 0 amide bonds. The second-order valence-corrected chi connectivity index (χ2v) is 8.31. The van der Waals surface area contributed by atoms with E-state index in [1.54, 1.807) is 11.8 Å². The van der Waals surface area contributed by atoms with E-state index in [4.69, 9.17) is 5.41 Å². The molecule has 0 bridgehead atoms. The van der Waals surface area contributed by atoms with Crippen molar-refractivity contribution in [1.82, 2.24) is 4.90 Å². The molecule has 24 heavy (non-hydrogen) atoms. The fourth-order valence-electron chi connectivity index (χ4n) is 2.67. The van der Waals surface area contributed by atoms with Gasteiger partial charge in [-0.3, -0.25) is 5.41 Å². The quantitative estimate of drug-likeness (QED) is 0.517. The van der Waals surface area contributed by atoms with Gasteiger partial charge in [0, 0.05) is 18.0 Å². The first-order valence-electron chi connectivity index (χ1n) is 8.86. The number of thioether (sulfide) groups is 1. The van der Waals surface area contributed by atoms with Gasteiger partial charge in [-0.05, 0) is 35.5 Å². The normalized spacial score (nSPS) is 14.7. The van der Waals surface area contributed by atoms with Crippen molar-refractivity contribution < 1.29 is 0 Å². The highest BCUT2D eigenvalue weighted by molar-refractivity contribution is 8.13. The van der Waals surface area contributed by atoms with Crippen LogP contribution >= 0.6 is 11.8 Å². The molecule has 0 atom stereocenters. The minimum Gasteiger partial charge on any atom is -0.321 e. The molecule has 1 aliphatic rings. The Morgan fingerprint density at radius 3 is 2.54 bits per heavy atom. The standard InChI is InChI=1S/C21H30N2S/c1-5-6-9-19-10-7-8-15-23(19)20(22)24-16-17-11-13-18(14-12-17)21(2,3)4/h7-8,10-14,22H,5-6,9,15-16H2,1-4H3. The Balaban J connectivity index is 1.92. The molecule has 2 nitrogen and oxygen atoms in total. The SMILES string of the molecule is CCCCC1=CC=CCN1C(=N)SCc1ccc(C(C)(C)C)cc1. The third-order valence-electron chi connectivity index (χ3n) is 4.29. The lowest BCUT2D eigenvalue weighted by Gasteiger charge is -2.28. The Morgan fingerprint density at radius 1 is 1.21 bits per heavy atom. The Morgan fingerprint density at radius 2 is 1.92 bits per heavy atom. The zero-order valence-electron chi connectivity index (χ0n) is 15.4. The Labute approximate surface area is 151 Å². The predicted octanol–water partition coefficient (Wildman–Crippen LogP) is 6.10. The van der Waals surface area contributed by atoms with Crippen LogP contribution in [0.2, 0.25) is 0 Å². The molecule has 130 valence electrons. The van der Waals surface area contributed by atoms with Crippen molar-refractivity contribution in [2.75, 3.05) is 6.54 Å². The maximum Gasteiger partial charge on any atom is 0.161 e. The average molecular weight is 343 g/mol. The molecule has 0 saturated heterocycles. The molecule has 0 aliphatic carbocycles. The predicted molar refractivity (Wildman–Crippen MR) is 108 cm³/mol. The van der Waals surface area contributed by atoms with Crippen molar-refractivity contribution in [2.45, 2.75) is 58.1 Å². The summed E-state index contributed by atoms with van der Waals surface area (Å²) in [6.07, 6.45) is 9.83. The molecule has 1 aliphatic heterocycles. The Bertz CT molecular complexity index is 606. The van der Waals surface area contributed by atoms with Gasteiger partial charge in [0.25, 0.3) is 0 Å². The number of hydrogen-bond donors (Lipinski definition) is 1. The maximum absolute atomic E-state index is 8.45. The zero-order chi connectivity index (χ0) is 17.6. The first-order valence-corrected chi connectivity index (χ1v) is 9.84. The molecule has 1 aromatic rings. The van der Waals surface area contributed by atoms with Gasteiger partial charge in [0.2, 0.25) is 0 Å². The fourth-order valence-corrected chi connectivity index (χ4v) is 3.52. The molecule has 1 aromatic carbocycles. The molecule has 1 heterocycles. The highest BCUT2D eigenvalue weighted by Gasteiger charge is 2.16. The Hall–Kier alpha value is -1.48. The second kappa shape index (κ2) is 8.57. The van der Waals surface area contributed by atoms with E-state index in [1.165, 1.54) is 29.7 Å². The first kappa shape index (κ1) is 18.9. The number of benzene rings is 1. The highest BCUT2D eigenvalue weighted by atomic mass is 32.2. The van der Waals surface area contributed by atoms with Crippen LogP contribution in [0.15, 0.2) is 48.2 Å². The average Bonchev–Trinajstić information content (AvgIpc) is 2.57. The summed E-state index contributed by atoms with van der Waals surface area (Å²) in [5.41, 5.74) is 4.11. The molecule has 3 heteroatoms. The number of rotatable bonds is 5. The maximum atomic E-state index is 8.45. The molecule has 0 fully saturated rings. The van der Waals surface area contributed by atoms with Crippen molar-refractivity contribution >= 4 is 16.9 Å². The van der Waals surface area contributed by atoms with E-state index in [2.05, 4.69) is 75.1 Å². The van der Waals surface area contributed by atoms with Crippen LogP contribution in [0.3, 0.4) is 0 Å². The molecular formula is C21H30N2S. The highest BCUT2D eigenvalue weighted by Crippen LogP contribution is 2.25. The van der Waals surface area contributed by atoms with Gasteiger partial charge in [0.15, 0.2) is 5.17 Å². The summed E-state index contributed by atoms with van der Waals surface area (Å²) < 4.78 is 0. The topological polar surface area (TPSA) is 27.1 Å². The van der Waals surface area contributed by atoms with Gasteiger partial charge < -0.3 is 4.90 Å². The van der Waals surface area contributed by atoms with Crippen molar-refractivity contribution in [2.24, 2.45) is 0 Å². The van der Waals surface area contributed by atoms with E-state index in [0.29, 0.717) is 5.17 Å². The minimum absolute atomic E-state index is 0.192. The molecular weight excluding hydrogens is 312 g/mol. The smallest absolute Gasteiger partial charge is 0.161 e. The number of hydrogen-bond acceptors (Lipinski definition) is 2. The van der Waals surface area contributed by atoms with Crippen LogP contribution in [0.1, 0.15) is 58.1 Å². The van der Waals surface area contributed by atoms with Crippen LogP contribution in [-0.4, -0.2) is 16.6 Å². The fraction of sp³-hybridized carbons (Fsp3) is 0.476. The van der Waals surface area contributed by atoms with Crippen molar-refractivity contribution in [3.63, 3.8) is 0 Å². The summed E-state index contributed by atoms with van der Waals surface area (Å²) in [5, 5.41) is 9.11. The van der Waals surface area contributed by atoms with E-state index < -0.39 is 0 Å². The zero-order valence-corrected chi connectivity index (χ0v) is 16.2. The summed E-state index contributed by atoms with van der Waals surface area (Å²) in [6.45, 7) is 9.75. The number of allylic oxidation sites excluding steroid dienone is 3. The van der Waals surface area contributed by atoms with E-state index in [1.807, 2.05) is 0 Å². The van der Waals surface area contributed by atoms with Crippen LogP contribution in [0.25, 0.3) is 0 Å². The van der Waals surface area contributed by atoms with E-state index >= 15 is 0 Å². The van der Waals surface area contributed by atoms with E-state index in [9.17, 15) is 0 Å². The molecule has 0 saturated carbocycles. The number of unbranched alkanes of at least 4 members (excludes halogenated alkanes) is 1. The number of nitrogens with zero attached hydrogens (tertiary/aromatic N) is 1. The summed E-state index contributed by atoms with van der Waals surface area (Å²) in [5.74, 6) is 0.852. The minimum atomic E-state index is 0.192. The summed E-state index contributed by atoms with van der Waals surface area (Å²) >= 11 is 1.62. The molecule has 0 unspecified atom stereocenters. The third-order valence-corrected chi connectivity index (χ3v) is 5.26. The van der Waals surface area contributed by atoms with Crippen LogP contribution in [0, 0.1) is 5.41 Å². The lowest BCUT2D eigenvalue weighted by molar-refractivity contribution is 0.528. The van der Waals surface area contributed by atoms with Crippen LogP contribution < -0.4 is 0 Å². The molecule has 0 aromatic heterocycles. The monoisotopic (exact) mass is 342 g/mol. The Kier molecular flexibility index (Phi) is 6.73. The molecule has 0 radical (unpaired) electrons. The lowest BCUT2D eigenvalue weighted by atomic mass is 9.87. The largest absolute Gasteiger partial charge is 0.321 e. The van der Waals surface area contributed by atoms with Gasteiger partial charge in [-0.15, -0.1) is 0 Å². The summed E-state index contributed by atoms with van der Waals surface area (Å²) in [7, 11) is 0. The summed E-state index contributed by atoms with van der Waals surface area (Å²) in [4.78, 5) is 2.14. The molecule has 2 rings (SSSR count). The number of amidine groups is 1. The first-order chi connectivity index (χ1) is 11.4. The van der Waals surface area contributed by atoms with Gasteiger partial charge >= 0.3 is 0 Å². The molecule has 0 spiro atoms. The third kappa shape index (κ3) is 5.27. The van der Waals surface area contributed by atoms with Gasteiger partial charge in [-0.1, -0.05) is 82.3 Å². The van der Waals surface area contributed by atoms with Gasteiger partial charge in [-0.2, -0.15) is 0 Å². The van der Waals surface area contributed by atoms with Crippen LogP contribution in [0.5, 0.6) is 0 Å². The van der Waals surface area contributed by atoms with Crippen molar-refractivity contribution in [3.8, 4) is 0 Å². The van der Waals surface area contributed by atoms with Gasteiger partial charge in [-0.25, -0.2) is 0 Å². The second-order valence-electron chi connectivity index (χ2n) is 7.34. The van der Waals surface area contributed by atoms with E-state index in [0.717, 1.165) is 18.7 Å². The van der Waals surface area contributed by atoms with E-state index in [-0.39, 0.29) is 5.41 Å². The van der Waals surface area contributed by atoms with Crippen molar-refractivity contribution in [3.05, 3.63) is 59.3 Å². The molecule has 1 N–H and O–H groups in total. The number of nitrogens with one attached hydrogen (secondary N) is 1.